The number of carbonyl (C=O) groups excluding carboxylic acids is 3. The number of allylic oxidation sites excluding steroid dienone is 18. The van der Waals surface area contributed by atoms with Gasteiger partial charge in [0.2, 0.25) is 0 Å². The fourth-order valence-electron chi connectivity index (χ4n) is 9.83. The van der Waals surface area contributed by atoms with Gasteiger partial charge in [-0.05, 0) is 122 Å². The zero-order valence-electron chi connectivity index (χ0n) is 54.0. The number of hydrogen-bond acceptors (Lipinski definition) is 6. The summed E-state index contributed by atoms with van der Waals surface area (Å²) in [5.74, 6) is -0.892. The normalized spacial score (nSPS) is 12.8. The first-order chi connectivity index (χ1) is 40.5. The zero-order valence-corrected chi connectivity index (χ0v) is 54.0. The van der Waals surface area contributed by atoms with Gasteiger partial charge in [0, 0.05) is 19.3 Å². The average molecular weight is 1140 g/mol. The molecular formula is C76H130O6. The first-order valence-electron chi connectivity index (χ1n) is 34.9. The van der Waals surface area contributed by atoms with E-state index in [0.717, 1.165) is 128 Å². The van der Waals surface area contributed by atoms with Gasteiger partial charge in [-0.25, -0.2) is 0 Å². The number of unbranched alkanes of at least 4 members (excludes halogenated alkanes) is 34. The van der Waals surface area contributed by atoms with Crippen molar-refractivity contribution in [1.29, 1.82) is 0 Å². The van der Waals surface area contributed by atoms with Gasteiger partial charge < -0.3 is 14.2 Å². The van der Waals surface area contributed by atoms with Gasteiger partial charge in [-0.15, -0.1) is 0 Å². The van der Waals surface area contributed by atoms with Crippen molar-refractivity contribution in [2.24, 2.45) is 0 Å². The van der Waals surface area contributed by atoms with Crippen LogP contribution in [0.2, 0.25) is 0 Å². The molecule has 0 aromatic heterocycles. The van der Waals surface area contributed by atoms with Crippen molar-refractivity contribution in [3.8, 4) is 0 Å². The Morgan fingerprint density at radius 1 is 0.256 bits per heavy atom. The maximum Gasteiger partial charge on any atom is 0.306 e. The summed E-state index contributed by atoms with van der Waals surface area (Å²) in [5.41, 5.74) is 0. The maximum absolute atomic E-state index is 12.9. The number of hydrogen-bond donors (Lipinski definition) is 0. The van der Waals surface area contributed by atoms with Crippen molar-refractivity contribution in [2.45, 2.75) is 341 Å². The van der Waals surface area contributed by atoms with Gasteiger partial charge >= 0.3 is 17.9 Å². The molecule has 82 heavy (non-hydrogen) atoms. The molecule has 0 aromatic rings. The molecule has 0 fully saturated rings. The lowest BCUT2D eigenvalue weighted by atomic mass is 10.0. The Balaban J connectivity index is 4.26. The molecule has 0 N–H and O–H groups in total. The highest BCUT2D eigenvalue weighted by atomic mass is 16.6. The van der Waals surface area contributed by atoms with Gasteiger partial charge in [0.1, 0.15) is 13.2 Å². The van der Waals surface area contributed by atoms with Crippen LogP contribution in [0.1, 0.15) is 335 Å². The SMILES string of the molecule is CC/C=C\C/C=C\C/C=C\C/C=C\C/C=C\CCCCCCCCCCCCCCCCCC(=O)OCC(COC(=O)CCCCCCC/C=C\C/C=C\C/C=C\CC)OC(=O)CCCCCCCCC/C=C\CCCCCCCCC. The highest BCUT2D eigenvalue weighted by molar-refractivity contribution is 5.71. The Labute approximate surface area is 508 Å². The molecule has 1 atom stereocenters. The van der Waals surface area contributed by atoms with E-state index in [9.17, 15) is 14.4 Å². The lowest BCUT2D eigenvalue weighted by Gasteiger charge is -2.18. The molecule has 0 saturated heterocycles. The van der Waals surface area contributed by atoms with Gasteiger partial charge in [-0.1, -0.05) is 304 Å². The molecule has 0 aliphatic rings. The predicted octanol–water partition coefficient (Wildman–Crippen LogP) is 24.2. The van der Waals surface area contributed by atoms with E-state index in [1.54, 1.807) is 0 Å². The van der Waals surface area contributed by atoms with Gasteiger partial charge in [0.05, 0.1) is 0 Å². The minimum atomic E-state index is -0.789. The predicted molar refractivity (Wildman–Crippen MR) is 357 cm³/mol. The second-order valence-electron chi connectivity index (χ2n) is 23.0. The highest BCUT2D eigenvalue weighted by Gasteiger charge is 2.19. The number of ether oxygens (including phenoxy) is 3. The molecule has 0 aliphatic carbocycles. The molecule has 6 nitrogen and oxygen atoms in total. The summed E-state index contributed by atoms with van der Waals surface area (Å²) in [5, 5.41) is 0. The summed E-state index contributed by atoms with van der Waals surface area (Å²) in [6.45, 7) is 6.43. The van der Waals surface area contributed by atoms with E-state index in [0.29, 0.717) is 19.3 Å². The summed E-state index contributed by atoms with van der Waals surface area (Å²) in [7, 11) is 0. The Hall–Kier alpha value is -3.93. The van der Waals surface area contributed by atoms with Crippen LogP contribution >= 0.6 is 0 Å². The van der Waals surface area contributed by atoms with E-state index in [1.807, 2.05) is 0 Å². The second kappa shape index (κ2) is 69.6. The van der Waals surface area contributed by atoms with Crippen LogP contribution in [0.5, 0.6) is 0 Å². The molecule has 0 heterocycles. The van der Waals surface area contributed by atoms with E-state index in [2.05, 4.69) is 130 Å². The van der Waals surface area contributed by atoms with E-state index in [4.69, 9.17) is 14.2 Å². The third kappa shape index (κ3) is 66.9. The zero-order chi connectivity index (χ0) is 59.2. The highest BCUT2D eigenvalue weighted by Crippen LogP contribution is 2.17. The van der Waals surface area contributed by atoms with Crippen LogP contribution in [0.3, 0.4) is 0 Å². The smallest absolute Gasteiger partial charge is 0.306 e. The molecule has 1 unspecified atom stereocenters. The van der Waals surface area contributed by atoms with Crippen molar-refractivity contribution in [3.05, 3.63) is 109 Å². The van der Waals surface area contributed by atoms with E-state index >= 15 is 0 Å². The van der Waals surface area contributed by atoms with Crippen LogP contribution < -0.4 is 0 Å². The van der Waals surface area contributed by atoms with Gasteiger partial charge in [-0.2, -0.15) is 0 Å². The minimum Gasteiger partial charge on any atom is -0.462 e. The molecule has 0 radical (unpaired) electrons. The van der Waals surface area contributed by atoms with Crippen molar-refractivity contribution in [1.82, 2.24) is 0 Å². The van der Waals surface area contributed by atoms with E-state index in [-0.39, 0.29) is 31.1 Å². The van der Waals surface area contributed by atoms with E-state index < -0.39 is 6.10 Å². The molecule has 0 saturated carbocycles. The molecule has 0 rings (SSSR count). The average Bonchev–Trinajstić information content (AvgIpc) is 3.47. The molecule has 0 amide bonds. The summed E-state index contributed by atoms with van der Waals surface area (Å²) in [6, 6.07) is 0. The van der Waals surface area contributed by atoms with Crippen molar-refractivity contribution >= 4 is 17.9 Å². The molecule has 6 heteroatoms. The van der Waals surface area contributed by atoms with Crippen LogP contribution in [-0.2, 0) is 28.6 Å². The quantitative estimate of drug-likeness (QED) is 0.0261. The van der Waals surface area contributed by atoms with Gasteiger partial charge in [0.25, 0.3) is 0 Å². The molecular weight excluding hydrogens is 1010 g/mol. The van der Waals surface area contributed by atoms with Gasteiger partial charge in [0.15, 0.2) is 6.10 Å². The van der Waals surface area contributed by atoms with Crippen molar-refractivity contribution in [3.63, 3.8) is 0 Å². The third-order valence-electron chi connectivity index (χ3n) is 15.0. The molecule has 0 aromatic carbocycles. The Bertz CT molecular complexity index is 1640. The molecule has 0 spiro atoms. The first-order valence-corrected chi connectivity index (χ1v) is 34.9. The molecule has 0 bridgehead atoms. The Morgan fingerprint density at radius 3 is 0.756 bits per heavy atom. The first kappa shape index (κ1) is 78.1. The largest absolute Gasteiger partial charge is 0.462 e. The number of rotatable bonds is 63. The van der Waals surface area contributed by atoms with Crippen LogP contribution in [0.4, 0.5) is 0 Å². The number of esters is 3. The lowest BCUT2D eigenvalue weighted by Crippen LogP contribution is -2.30. The van der Waals surface area contributed by atoms with Crippen molar-refractivity contribution < 1.29 is 28.6 Å². The molecule has 470 valence electrons. The second-order valence-corrected chi connectivity index (χ2v) is 23.0. The standard InChI is InChI=1S/C76H130O6/c1-4-7-10-13-16-19-22-25-28-30-32-33-34-35-36-37-38-39-40-41-42-43-44-46-48-51-54-57-60-63-66-69-75(78)81-72-73(71-80-74(77)68-65-62-59-56-53-50-47-27-24-21-18-15-12-9-6-3)82-76(79)70-67-64-61-58-55-52-49-45-31-29-26-23-20-17-14-11-8-5-2/h7,9-10,12,16,18-19,21,25,27-29,31-33,35-36,47,73H,4-6,8,11,13-15,17,20,22-24,26,30,34,37-46,48-72H2,1-3H3/b10-7-,12-9-,19-16-,21-18-,28-25-,31-29-,33-32-,36-35-,47-27-. The molecule has 0 aliphatic heterocycles. The number of carbonyl (C=O) groups is 3. The Kier molecular flexibility index (Phi) is 66.2. The maximum atomic E-state index is 12.9. The fraction of sp³-hybridized carbons (Fsp3) is 0.724. The van der Waals surface area contributed by atoms with E-state index in [1.165, 1.54) is 167 Å². The summed E-state index contributed by atoms with van der Waals surface area (Å²) >= 11 is 0. The van der Waals surface area contributed by atoms with Crippen LogP contribution in [0, 0.1) is 0 Å². The van der Waals surface area contributed by atoms with Crippen molar-refractivity contribution in [2.75, 3.05) is 13.2 Å². The Morgan fingerprint density at radius 2 is 0.476 bits per heavy atom. The van der Waals surface area contributed by atoms with Gasteiger partial charge in [-0.3, -0.25) is 14.4 Å². The fourth-order valence-corrected chi connectivity index (χ4v) is 9.83. The summed E-state index contributed by atoms with van der Waals surface area (Å²) in [6.07, 6.45) is 95.4. The van der Waals surface area contributed by atoms with Crippen LogP contribution in [-0.4, -0.2) is 37.2 Å². The lowest BCUT2D eigenvalue weighted by molar-refractivity contribution is -0.167. The third-order valence-corrected chi connectivity index (χ3v) is 15.0. The summed E-state index contributed by atoms with van der Waals surface area (Å²) in [4.78, 5) is 38.4. The summed E-state index contributed by atoms with van der Waals surface area (Å²) < 4.78 is 17.0. The monoisotopic (exact) mass is 1140 g/mol. The topological polar surface area (TPSA) is 78.9 Å². The van der Waals surface area contributed by atoms with Crippen LogP contribution in [0.25, 0.3) is 0 Å². The minimum absolute atomic E-state index is 0.0837. The van der Waals surface area contributed by atoms with Crippen LogP contribution in [0.15, 0.2) is 109 Å².